The highest BCUT2D eigenvalue weighted by Crippen LogP contribution is 2.42. The Morgan fingerprint density at radius 3 is 2.57 bits per heavy atom. The highest BCUT2D eigenvalue weighted by molar-refractivity contribution is 6.21. The van der Waals surface area contributed by atoms with Crippen molar-refractivity contribution in [3.63, 3.8) is 0 Å². The first kappa shape index (κ1) is 9.84. The summed E-state index contributed by atoms with van der Waals surface area (Å²) in [7, 11) is 0. The standard InChI is InChI=1S/C10H8ClF3/c1-4-2-5-3-6(12)9(13)10(14)7(5)8(4)11/h3-4,8H,2H2,1H3. The normalized spacial score (nSPS) is 25.2. The number of rotatable bonds is 0. The molecule has 0 bridgehead atoms. The molecule has 0 N–H and O–H groups in total. The first-order valence-corrected chi connectivity index (χ1v) is 4.76. The van der Waals surface area contributed by atoms with E-state index in [-0.39, 0.29) is 11.5 Å². The van der Waals surface area contributed by atoms with E-state index in [2.05, 4.69) is 0 Å². The number of benzene rings is 1. The molecule has 0 saturated carbocycles. The van der Waals surface area contributed by atoms with E-state index in [0.717, 1.165) is 6.07 Å². The van der Waals surface area contributed by atoms with E-state index in [0.29, 0.717) is 12.0 Å². The number of hydrogen-bond donors (Lipinski definition) is 0. The summed E-state index contributed by atoms with van der Waals surface area (Å²) in [5.74, 6) is -3.69. The minimum atomic E-state index is -1.43. The monoisotopic (exact) mass is 220 g/mol. The lowest BCUT2D eigenvalue weighted by Gasteiger charge is -2.08. The van der Waals surface area contributed by atoms with Crippen molar-refractivity contribution in [2.24, 2.45) is 5.92 Å². The van der Waals surface area contributed by atoms with Crippen molar-refractivity contribution < 1.29 is 13.2 Å². The van der Waals surface area contributed by atoms with Crippen LogP contribution in [0.3, 0.4) is 0 Å². The van der Waals surface area contributed by atoms with Crippen LogP contribution < -0.4 is 0 Å². The Balaban J connectivity index is 2.65. The van der Waals surface area contributed by atoms with Crippen LogP contribution in [0.15, 0.2) is 6.07 Å². The second-order valence-electron chi connectivity index (χ2n) is 3.64. The van der Waals surface area contributed by atoms with E-state index in [1.54, 1.807) is 0 Å². The van der Waals surface area contributed by atoms with E-state index in [4.69, 9.17) is 11.6 Å². The Hall–Kier alpha value is -0.700. The Morgan fingerprint density at radius 1 is 1.29 bits per heavy atom. The molecule has 1 aromatic rings. The van der Waals surface area contributed by atoms with Crippen LogP contribution in [-0.2, 0) is 6.42 Å². The molecule has 14 heavy (non-hydrogen) atoms. The molecule has 0 aromatic heterocycles. The second-order valence-corrected chi connectivity index (χ2v) is 4.11. The average Bonchev–Trinajstić information content (AvgIpc) is 2.39. The summed E-state index contributed by atoms with van der Waals surface area (Å²) < 4.78 is 39.0. The summed E-state index contributed by atoms with van der Waals surface area (Å²) in [5, 5.41) is -0.555. The van der Waals surface area contributed by atoms with E-state index < -0.39 is 22.8 Å². The van der Waals surface area contributed by atoms with Gasteiger partial charge in [0.05, 0.1) is 5.38 Å². The van der Waals surface area contributed by atoms with Gasteiger partial charge >= 0.3 is 0 Å². The van der Waals surface area contributed by atoms with Crippen molar-refractivity contribution in [3.8, 4) is 0 Å². The molecule has 2 unspecified atom stereocenters. The highest BCUT2D eigenvalue weighted by atomic mass is 35.5. The molecule has 4 heteroatoms. The zero-order chi connectivity index (χ0) is 10.5. The quantitative estimate of drug-likeness (QED) is 0.463. The van der Waals surface area contributed by atoms with Gasteiger partial charge in [-0.2, -0.15) is 0 Å². The van der Waals surface area contributed by atoms with E-state index in [1.807, 2.05) is 6.92 Å². The van der Waals surface area contributed by atoms with Gasteiger partial charge in [-0.3, -0.25) is 0 Å². The van der Waals surface area contributed by atoms with Gasteiger partial charge in [0, 0.05) is 5.56 Å². The number of hydrogen-bond acceptors (Lipinski definition) is 0. The highest BCUT2D eigenvalue weighted by Gasteiger charge is 2.33. The van der Waals surface area contributed by atoms with Crippen molar-refractivity contribution in [2.75, 3.05) is 0 Å². The fourth-order valence-electron chi connectivity index (χ4n) is 1.86. The largest absolute Gasteiger partial charge is 0.204 e. The van der Waals surface area contributed by atoms with Gasteiger partial charge in [-0.15, -0.1) is 11.6 Å². The summed E-state index contributed by atoms with van der Waals surface area (Å²) in [6, 6.07) is 1.03. The summed E-state index contributed by atoms with van der Waals surface area (Å²) in [6.45, 7) is 1.83. The number of halogens is 4. The Labute approximate surface area is 84.7 Å². The van der Waals surface area contributed by atoms with Gasteiger partial charge in [-0.25, -0.2) is 13.2 Å². The molecule has 1 aliphatic carbocycles. The van der Waals surface area contributed by atoms with Crippen LogP contribution >= 0.6 is 11.6 Å². The molecule has 1 aliphatic rings. The molecule has 0 nitrogen and oxygen atoms in total. The van der Waals surface area contributed by atoms with Gasteiger partial charge < -0.3 is 0 Å². The third-order valence-corrected chi connectivity index (χ3v) is 3.25. The van der Waals surface area contributed by atoms with Crippen LogP contribution in [0.4, 0.5) is 13.2 Å². The van der Waals surface area contributed by atoms with Crippen LogP contribution in [0.25, 0.3) is 0 Å². The molecule has 0 saturated heterocycles. The molecule has 76 valence electrons. The average molecular weight is 221 g/mol. The van der Waals surface area contributed by atoms with E-state index in [1.165, 1.54) is 0 Å². The zero-order valence-electron chi connectivity index (χ0n) is 7.45. The van der Waals surface area contributed by atoms with Crippen LogP contribution in [0.1, 0.15) is 23.4 Å². The van der Waals surface area contributed by atoms with E-state index >= 15 is 0 Å². The molecule has 0 fully saturated rings. The lowest BCUT2D eigenvalue weighted by molar-refractivity contribution is 0.440. The van der Waals surface area contributed by atoms with Gasteiger partial charge in [0.15, 0.2) is 17.5 Å². The Kier molecular flexibility index (Phi) is 2.22. The third kappa shape index (κ3) is 1.22. The first-order chi connectivity index (χ1) is 6.52. The molecule has 2 rings (SSSR count). The molecular formula is C10H8ClF3. The Morgan fingerprint density at radius 2 is 1.93 bits per heavy atom. The predicted octanol–water partition coefficient (Wildman–Crippen LogP) is 3.58. The topological polar surface area (TPSA) is 0 Å². The van der Waals surface area contributed by atoms with Gasteiger partial charge in [0.2, 0.25) is 0 Å². The van der Waals surface area contributed by atoms with Crippen molar-refractivity contribution in [3.05, 3.63) is 34.6 Å². The summed E-state index contributed by atoms with van der Waals surface area (Å²) >= 11 is 5.89. The van der Waals surface area contributed by atoms with Gasteiger partial charge in [0.25, 0.3) is 0 Å². The summed E-state index contributed by atoms with van der Waals surface area (Å²) in [5.41, 5.74) is 0.604. The van der Waals surface area contributed by atoms with Gasteiger partial charge in [0.1, 0.15) is 0 Å². The number of alkyl halides is 1. The smallest absolute Gasteiger partial charge is 0.194 e. The fourth-order valence-corrected chi connectivity index (χ4v) is 2.19. The predicted molar refractivity (Wildman–Crippen MR) is 47.8 cm³/mol. The molecule has 0 heterocycles. The third-order valence-electron chi connectivity index (χ3n) is 2.60. The molecule has 0 amide bonds. The van der Waals surface area contributed by atoms with Crippen molar-refractivity contribution in [1.82, 2.24) is 0 Å². The van der Waals surface area contributed by atoms with Crippen molar-refractivity contribution >= 4 is 11.6 Å². The van der Waals surface area contributed by atoms with Crippen molar-refractivity contribution in [1.29, 1.82) is 0 Å². The molecule has 0 radical (unpaired) electrons. The second kappa shape index (κ2) is 3.16. The lowest BCUT2D eigenvalue weighted by atomic mass is 10.1. The van der Waals surface area contributed by atoms with Crippen molar-refractivity contribution in [2.45, 2.75) is 18.7 Å². The summed E-state index contributed by atoms with van der Waals surface area (Å²) in [4.78, 5) is 0. The minimum Gasteiger partial charge on any atom is -0.204 e. The molecule has 0 spiro atoms. The van der Waals surface area contributed by atoms with Crippen LogP contribution in [0.5, 0.6) is 0 Å². The SMILES string of the molecule is CC1Cc2cc(F)c(F)c(F)c2C1Cl. The maximum absolute atomic E-state index is 13.3. The fraction of sp³-hybridized carbons (Fsp3) is 0.400. The molecule has 0 aliphatic heterocycles. The van der Waals surface area contributed by atoms with Gasteiger partial charge in [-0.1, -0.05) is 6.92 Å². The summed E-state index contributed by atoms with van der Waals surface area (Å²) in [6.07, 6.45) is 0.498. The van der Waals surface area contributed by atoms with E-state index in [9.17, 15) is 13.2 Å². The maximum atomic E-state index is 13.3. The van der Waals surface area contributed by atoms with Crippen LogP contribution in [-0.4, -0.2) is 0 Å². The van der Waals surface area contributed by atoms with Crippen LogP contribution in [0, 0.1) is 23.4 Å². The molecule has 1 aromatic carbocycles. The maximum Gasteiger partial charge on any atom is 0.194 e. The zero-order valence-corrected chi connectivity index (χ0v) is 8.21. The van der Waals surface area contributed by atoms with Crippen LogP contribution in [0.2, 0.25) is 0 Å². The van der Waals surface area contributed by atoms with Gasteiger partial charge in [-0.05, 0) is 24.0 Å². The lowest BCUT2D eigenvalue weighted by Crippen LogP contribution is -2.00. The molecule has 2 atom stereocenters. The molecular weight excluding hydrogens is 213 g/mol. The minimum absolute atomic E-state index is 0.0161. The Bertz CT molecular complexity index is 389. The number of fused-ring (bicyclic) bond motifs is 1. The first-order valence-electron chi connectivity index (χ1n) is 4.32.